The minimum atomic E-state index is -0.239. The fourth-order valence-corrected chi connectivity index (χ4v) is 3.86. The van der Waals surface area contributed by atoms with Crippen LogP contribution in [0.1, 0.15) is 21.5 Å². The lowest BCUT2D eigenvalue weighted by molar-refractivity contribution is 0.104. The largest absolute Gasteiger partial charge is 0.504 e. The molecule has 0 spiro atoms. The average Bonchev–Trinajstić information content (AvgIpc) is 2.77. The highest BCUT2D eigenvalue weighted by Gasteiger charge is 2.12. The van der Waals surface area contributed by atoms with Crippen LogP contribution < -0.4 is 14.2 Å². The molecular formula is C24H19Cl3O5. The Morgan fingerprint density at radius 1 is 0.938 bits per heavy atom. The summed E-state index contributed by atoms with van der Waals surface area (Å²) in [5, 5.41) is 10.7. The first-order valence-corrected chi connectivity index (χ1v) is 10.5. The van der Waals surface area contributed by atoms with Gasteiger partial charge < -0.3 is 19.3 Å². The first-order valence-electron chi connectivity index (χ1n) is 9.36. The molecule has 0 aliphatic rings. The number of methoxy groups -OCH3 is 2. The summed E-state index contributed by atoms with van der Waals surface area (Å²) < 4.78 is 16.3. The highest BCUT2D eigenvalue weighted by atomic mass is 35.5. The summed E-state index contributed by atoms with van der Waals surface area (Å²) in [6.07, 6.45) is 3.11. The van der Waals surface area contributed by atoms with Gasteiger partial charge in [-0.05, 0) is 54.1 Å². The SMILES string of the molecule is COc1cc(C(=O)/C=C/c2ccc(OC)c(COc3c(Cl)cc(Cl)cc3Cl)c2)ccc1O. The number of benzene rings is 3. The van der Waals surface area contributed by atoms with Crippen LogP contribution in [0.3, 0.4) is 0 Å². The minimum Gasteiger partial charge on any atom is -0.504 e. The van der Waals surface area contributed by atoms with Gasteiger partial charge in [-0.3, -0.25) is 4.79 Å². The Bertz CT molecular complexity index is 1150. The van der Waals surface area contributed by atoms with Gasteiger partial charge in [0.1, 0.15) is 12.4 Å². The summed E-state index contributed by atoms with van der Waals surface area (Å²) in [4.78, 5) is 12.5. The van der Waals surface area contributed by atoms with Gasteiger partial charge in [-0.1, -0.05) is 46.9 Å². The van der Waals surface area contributed by atoms with Crippen molar-refractivity contribution in [3.05, 3.63) is 86.4 Å². The van der Waals surface area contributed by atoms with E-state index >= 15 is 0 Å². The van der Waals surface area contributed by atoms with E-state index in [1.54, 1.807) is 31.4 Å². The van der Waals surface area contributed by atoms with Crippen molar-refractivity contribution in [1.82, 2.24) is 0 Å². The van der Waals surface area contributed by atoms with Crippen LogP contribution in [0.2, 0.25) is 15.1 Å². The fourth-order valence-electron chi connectivity index (χ4n) is 2.93. The molecule has 0 bridgehead atoms. The lowest BCUT2D eigenvalue weighted by Gasteiger charge is -2.13. The first-order chi connectivity index (χ1) is 15.3. The van der Waals surface area contributed by atoms with Crippen molar-refractivity contribution in [1.29, 1.82) is 0 Å². The number of halogens is 3. The van der Waals surface area contributed by atoms with Crippen LogP contribution in [0.15, 0.2) is 54.6 Å². The van der Waals surface area contributed by atoms with Gasteiger partial charge in [-0.25, -0.2) is 0 Å². The molecular weight excluding hydrogens is 475 g/mol. The molecule has 0 saturated heterocycles. The third kappa shape index (κ3) is 5.68. The van der Waals surface area contributed by atoms with Gasteiger partial charge in [0.2, 0.25) is 0 Å². The molecule has 0 atom stereocenters. The molecule has 32 heavy (non-hydrogen) atoms. The van der Waals surface area contributed by atoms with E-state index in [-0.39, 0.29) is 23.9 Å². The van der Waals surface area contributed by atoms with Crippen LogP contribution in [0.5, 0.6) is 23.0 Å². The fraction of sp³-hybridized carbons (Fsp3) is 0.125. The van der Waals surface area contributed by atoms with Crippen LogP contribution >= 0.6 is 34.8 Å². The number of hydrogen-bond donors (Lipinski definition) is 1. The molecule has 8 heteroatoms. The van der Waals surface area contributed by atoms with Crippen molar-refractivity contribution in [2.45, 2.75) is 6.61 Å². The number of carbonyl (C=O) groups excluding carboxylic acids is 1. The van der Waals surface area contributed by atoms with E-state index in [0.717, 1.165) is 11.1 Å². The average molecular weight is 494 g/mol. The number of phenolic OH excluding ortho intramolecular Hbond substituents is 1. The van der Waals surface area contributed by atoms with Crippen LogP contribution in [0, 0.1) is 0 Å². The summed E-state index contributed by atoms with van der Waals surface area (Å²) >= 11 is 18.3. The second-order valence-electron chi connectivity index (χ2n) is 6.64. The summed E-state index contributed by atoms with van der Waals surface area (Å²) in [7, 11) is 2.98. The molecule has 0 radical (unpaired) electrons. The molecule has 0 aromatic heterocycles. The van der Waals surface area contributed by atoms with Gasteiger partial charge in [-0.2, -0.15) is 0 Å². The molecule has 1 N–H and O–H groups in total. The third-order valence-corrected chi connectivity index (χ3v) is 5.31. The number of allylic oxidation sites excluding steroid dienone is 1. The zero-order chi connectivity index (χ0) is 23.3. The van der Waals surface area contributed by atoms with Crippen molar-refractivity contribution in [3.63, 3.8) is 0 Å². The molecule has 0 saturated carbocycles. The Kier molecular flexibility index (Phi) is 7.91. The molecule has 3 aromatic carbocycles. The maximum Gasteiger partial charge on any atom is 0.185 e. The van der Waals surface area contributed by atoms with E-state index in [9.17, 15) is 9.90 Å². The number of rotatable bonds is 8. The van der Waals surface area contributed by atoms with Crippen LogP contribution in [0.4, 0.5) is 0 Å². The topological polar surface area (TPSA) is 65.0 Å². The summed E-state index contributed by atoms with van der Waals surface area (Å²) in [5.74, 6) is 0.883. The molecule has 3 rings (SSSR count). The van der Waals surface area contributed by atoms with Crippen LogP contribution in [0.25, 0.3) is 6.08 Å². The first kappa shape index (κ1) is 23.8. The van der Waals surface area contributed by atoms with Crippen LogP contribution in [-0.2, 0) is 6.61 Å². The highest BCUT2D eigenvalue weighted by molar-refractivity contribution is 6.40. The predicted octanol–water partition coefficient (Wildman–Crippen LogP) is 6.84. The Labute approximate surface area is 200 Å². The number of ketones is 1. The monoisotopic (exact) mass is 492 g/mol. The van der Waals surface area contributed by atoms with E-state index in [1.807, 2.05) is 12.1 Å². The number of carbonyl (C=O) groups is 1. The molecule has 3 aromatic rings. The molecule has 166 valence electrons. The zero-order valence-corrected chi connectivity index (χ0v) is 19.5. The maximum atomic E-state index is 12.5. The van der Waals surface area contributed by atoms with Gasteiger partial charge in [0.25, 0.3) is 0 Å². The van der Waals surface area contributed by atoms with E-state index in [0.29, 0.717) is 32.1 Å². The number of phenols is 1. The number of hydrogen-bond acceptors (Lipinski definition) is 5. The maximum absolute atomic E-state index is 12.5. The smallest absolute Gasteiger partial charge is 0.185 e. The second-order valence-corrected chi connectivity index (χ2v) is 7.89. The highest BCUT2D eigenvalue weighted by Crippen LogP contribution is 2.37. The Hall–Kier alpha value is -2.86. The van der Waals surface area contributed by atoms with E-state index in [4.69, 9.17) is 49.0 Å². The van der Waals surface area contributed by atoms with Gasteiger partial charge >= 0.3 is 0 Å². The second kappa shape index (κ2) is 10.6. The third-order valence-electron chi connectivity index (χ3n) is 4.53. The quantitative estimate of drug-likeness (QED) is 0.275. The Morgan fingerprint density at radius 3 is 2.28 bits per heavy atom. The Balaban J connectivity index is 1.79. The van der Waals surface area contributed by atoms with Crippen LogP contribution in [-0.4, -0.2) is 25.1 Å². The van der Waals surface area contributed by atoms with Crippen molar-refractivity contribution >= 4 is 46.7 Å². The predicted molar refractivity (Wildman–Crippen MR) is 127 cm³/mol. The lowest BCUT2D eigenvalue weighted by Crippen LogP contribution is -2.00. The van der Waals surface area contributed by atoms with E-state index in [2.05, 4.69) is 0 Å². The number of ether oxygens (including phenoxy) is 3. The molecule has 0 heterocycles. The Morgan fingerprint density at radius 2 is 1.62 bits per heavy atom. The van der Waals surface area contributed by atoms with Crippen molar-refractivity contribution in [3.8, 4) is 23.0 Å². The molecule has 0 unspecified atom stereocenters. The normalized spacial score (nSPS) is 10.9. The van der Waals surface area contributed by atoms with Crippen molar-refractivity contribution < 1.29 is 24.1 Å². The zero-order valence-electron chi connectivity index (χ0n) is 17.2. The molecule has 0 amide bonds. The minimum absolute atomic E-state index is 0.0336. The standard InChI is InChI=1S/C24H19Cl3O5/c1-30-22-8-4-14(3-6-20(28)15-5-7-21(29)23(10-15)31-2)9-16(22)13-32-24-18(26)11-17(25)12-19(24)27/h3-12,29H,13H2,1-2H3/b6-3+. The summed E-state index contributed by atoms with van der Waals surface area (Å²) in [6, 6.07) is 12.9. The summed E-state index contributed by atoms with van der Waals surface area (Å²) in [5.41, 5.74) is 1.88. The van der Waals surface area contributed by atoms with E-state index < -0.39 is 0 Å². The van der Waals surface area contributed by atoms with Gasteiger partial charge in [-0.15, -0.1) is 0 Å². The number of aromatic hydroxyl groups is 1. The molecule has 0 aliphatic heterocycles. The van der Waals surface area contributed by atoms with Crippen molar-refractivity contribution in [2.75, 3.05) is 14.2 Å². The van der Waals surface area contributed by atoms with E-state index in [1.165, 1.54) is 31.4 Å². The molecule has 0 fully saturated rings. The molecule has 0 aliphatic carbocycles. The van der Waals surface area contributed by atoms with Gasteiger partial charge in [0.05, 0.1) is 24.3 Å². The van der Waals surface area contributed by atoms with Crippen molar-refractivity contribution in [2.24, 2.45) is 0 Å². The van der Waals surface area contributed by atoms with Gasteiger partial charge in [0.15, 0.2) is 23.0 Å². The molecule has 5 nitrogen and oxygen atoms in total. The lowest BCUT2D eigenvalue weighted by atomic mass is 10.1. The van der Waals surface area contributed by atoms with Gasteiger partial charge in [0, 0.05) is 16.1 Å². The summed E-state index contributed by atoms with van der Waals surface area (Å²) in [6.45, 7) is 0.134.